The first-order valence-electron chi connectivity index (χ1n) is 6.35. The molecule has 2 heterocycles. The standard InChI is InChI=1S/C13H18BrN3O/c1-2-9-5-3-4-6-17(9)13(18)10-7-12(15)16-8-11(10)14/h7-9H,2-6H2,1H3,(H2,15,16). The fourth-order valence-electron chi connectivity index (χ4n) is 2.47. The van der Waals surface area contributed by atoms with Crippen molar-refractivity contribution < 1.29 is 4.79 Å². The number of halogens is 1. The molecule has 1 aromatic rings. The van der Waals surface area contributed by atoms with Gasteiger partial charge in [0.15, 0.2) is 0 Å². The summed E-state index contributed by atoms with van der Waals surface area (Å²) in [7, 11) is 0. The summed E-state index contributed by atoms with van der Waals surface area (Å²) < 4.78 is 0.710. The minimum absolute atomic E-state index is 0.0579. The number of piperidine rings is 1. The van der Waals surface area contributed by atoms with E-state index in [1.807, 2.05) is 4.90 Å². The van der Waals surface area contributed by atoms with Gasteiger partial charge in [0.2, 0.25) is 0 Å². The fourth-order valence-corrected chi connectivity index (χ4v) is 2.85. The lowest BCUT2D eigenvalue weighted by molar-refractivity contribution is 0.0607. The molecule has 1 amide bonds. The number of hydrogen-bond acceptors (Lipinski definition) is 3. The lowest BCUT2D eigenvalue weighted by atomic mass is 9.99. The van der Waals surface area contributed by atoms with Crippen LogP contribution in [0.4, 0.5) is 5.82 Å². The molecule has 0 radical (unpaired) electrons. The number of rotatable bonds is 2. The summed E-state index contributed by atoms with van der Waals surface area (Å²) in [4.78, 5) is 18.5. The second-order valence-electron chi connectivity index (χ2n) is 4.65. The van der Waals surface area contributed by atoms with Crippen LogP contribution >= 0.6 is 15.9 Å². The summed E-state index contributed by atoms with van der Waals surface area (Å²) in [6, 6.07) is 2.00. The number of aromatic nitrogens is 1. The molecule has 0 bridgehead atoms. The van der Waals surface area contributed by atoms with Gasteiger partial charge in [0.1, 0.15) is 5.82 Å². The van der Waals surface area contributed by atoms with Crippen molar-refractivity contribution in [2.75, 3.05) is 12.3 Å². The first-order valence-corrected chi connectivity index (χ1v) is 7.14. The molecule has 1 aromatic heterocycles. The Balaban J connectivity index is 2.26. The number of likely N-dealkylation sites (tertiary alicyclic amines) is 1. The molecule has 2 rings (SSSR count). The van der Waals surface area contributed by atoms with Crippen LogP contribution in [0.15, 0.2) is 16.7 Å². The first kappa shape index (κ1) is 13.3. The number of hydrogen-bond donors (Lipinski definition) is 1. The Bertz CT molecular complexity index is 450. The van der Waals surface area contributed by atoms with Crippen molar-refractivity contribution in [1.29, 1.82) is 0 Å². The molecule has 2 N–H and O–H groups in total. The summed E-state index contributed by atoms with van der Waals surface area (Å²) in [5, 5.41) is 0. The van der Waals surface area contributed by atoms with E-state index < -0.39 is 0 Å². The molecule has 4 nitrogen and oxygen atoms in total. The van der Waals surface area contributed by atoms with E-state index >= 15 is 0 Å². The Hall–Kier alpha value is -1.10. The highest BCUT2D eigenvalue weighted by atomic mass is 79.9. The highest BCUT2D eigenvalue weighted by Crippen LogP contribution is 2.25. The van der Waals surface area contributed by atoms with E-state index in [1.54, 1.807) is 12.3 Å². The molecule has 0 aliphatic carbocycles. The van der Waals surface area contributed by atoms with Crippen molar-refractivity contribution in [3.8, 4) is 0 Å². The van der Waals surface area contributed by atoms with E-state index in [1.165, 1.54) is 6.42 Å². The zero-order valence-electron chi connectivity index (χ0n) is 10.5. The van der Waals surface area contributed by atoms with Crippen LogP contribution in [0.3, 0.4) is 0 Å². The molecular formula is C13H18BrN3O. The predicted molar refractivity (Wildman–Crippen MR) is 75.3 cm³/mol. The Morgan fingerprint density at radius 1 is 1.61 bits per heavy atom. The van der Waals surface area contributed by atoms with Gasteiger partial charge < -0.3 is 10.6 Å². The van der Waals surface area contributed by atoms with Crippen LogP contribution in [0.2, 0.25) is 0 Å². The molecule has 18 heavy (non-hydrogen) atoms. The molecule has 0 spiro atoms. The van der Waals surface area contributed by atoms with Gasteiger partial charge in [-0.25, -0.2) is 4.98 Å². The molecule has 1 aliphatic heterocycles. The summed E-state index contributed by atoms with van der Waals surface area (Å²) in [6.45, 7) is 2.97. The molecule has 0 aromatic carbocycles. The lowest BCUT2D eigenvalue weighted by Crippen LogP contribution is -2.43. The highest BCUT2D eigenvalue weighted by Gasteiger charge is 2.27. The zero-order valence-corrected chi connectivity index (χ0v) is 12.1. The number of carbonyl (C=O) groups excluding carboxylic acids is 1. The third-order valence-corrected chi connectivity index (χ3v) is 4.10. The Morgan fingerprint density at radius 3 is 3.11 bits per heavy atom. The van der Waals surface area contributed by atoms with Crippen LogP contribution in [-0.2, 0) is 0 Å². The summed E-state index contributed by atoms with van der Waals surface area (Å²) >= 11 is 3.37. The van der Waals surface area contributed by atoms with Crippen LogP contribution in [0.5, 0.6) is 0 Å². The van der Waals surface area contributed by atoms with E-state index in [2.05, 4.69) is 27.8 Å². The minimum atomic E-state index is 0.0579. The maximum Gasteiger partial charge on any atom is 0.255 e. The summed E-state index contributed by atoms with van der Waals surface area (Å²) in [5.74, 6) is 0.439. The topological polar surface area (TPSA) is 59.2 Å². The fraction of sp³-hybridized carbons (Fsp3) is 0.538. The third kappa shape index (κ3) is 2.66. The van der Waals surface area contributed by atoms with Crippen LogP contribution in [-0.4, -0.2) is 28.4 Å². The van der Waals surface area contributed by atoms with Crippen molar-refractivity contribution in [2.45, 2.75) is 38.6 Å². The second kappa shape index (κ2) is 5.69. The molecule has 1 unspecified atom stereocenters. The van der Waals surface area contributed by atoms with Gasteiger partial charge in [-0.05, 0) is 47.7 Å². The van der Waals surface area contributed by atoms with Gasteiger partial charge in [-0.15, -0.1) is 0 Å². The third-order valence-electron chi connectivity index (χ3n) is 3.47. The number of nitrogens with zero attached hydrogens (tertiary/aromatic N) is 2. The van der Waals surface area contributed by atoms with Gasteiger partial charge in [-0.3, -0.25) is 4.79 Å². The van der Waals surface area contributed by atoms with Crippen LogP contribution in [0, 0.1) is 0 Å². The lowest BCUT2D eigenvalue weighted by Gasteiger charge is -2.35. The molecule has 1 fully saturated rings. The Labute approximate surface area is 116 Å². The summed E-state index contributed by atoms with van der Waals surface area (Å²) in [5.41, 5.74) is 6.27. The molecular weight excluding hydrogens is 294 g/mol. The van der Waals surface area contributed by atoms with E-state index in [-0.39, 0.29) is 5.91 Å². The van der Waals surface area contributed by atoms with Crippen LogP contribution in [0.25, 0.3) is 0 Å². The number of carbonyl (C=O) groups is 1. The Kier molecular flexibility index (Phi) is 4.22. The van der Waals surface area contributed by atoms with E-state index in [4.69, 9.17) is 5.73 Å². The smallest absolute Gasteiger partial charge is 0.255 e. The normalized spacial score (nSPS) is 19.9. The van der Waals surface area contributed by atoms with Gasteiger partial charge in [0.25, 0.3) is 5.91 Å². The van der Waals surface area contributed by atoms with E-state index in [9.17, 15) is 4.79 Å². The maximum atomic E-state index is 12.6. The van der Waals surface area contributed by atoms with Gasteiger partial charge in [0.05, 0.1) is 5.56 Å². The average Bonchev–Trinajstić information content (AvgIpc) is 2.40. The van der Waals surface area contributed by atoms with Gasteiger partial charge in [-0.2, -0.15) is 0 Å². The second-order valence-corrected chi connectivity index (χ2v) is 5.50. The van der Waals surface area contributed by atoms with Crippen LogP contribution in [0.1, 0.15) is 43.0 Å². The zero-order chi connectivity index (χ0) is 13.1. The number of pyridine rings is 1. The van der Waals surface area contributed by atoms with E-state index in [0.29, 0.717) is 21.9 Å². The number of nitrogen functional groups attached to an aromatic ring is 1. The number of nitrogens with two attached hydrogens (primary N) is 1. The Morgan fingerprint density at radius 2 is 2.39 bits per heavy atom. The van der Waals surface area contributed by atoms with Crippen molar-refractivity contribution in [1.82, 2.24) is 9.88 Å². The molecule has 1 saturated heterocycles. The summed E-state index contributed by atoms with van der Waals surface area (Å²) in [6.07, 6.45) is 5.99. The van der Waals surface area contributed by atoms with Crippen molar-refractivity contribution in [3.63, 3.8) is 0 Å². The molecule has 98 valence electrons. The quantitative estimate of drug-likeness (QED) is 0.913. The minimum Gasteiger partial charge on any atom is -0.384 e. The monoisotopic (exact) mass is 311 g/mol. The SMILES string of the molecule is CCC1CCCCN1C(=O)c1cc(N)ncc1Br. The van der Waals surface area contributed by atoms with Crippen LogP contribution < -0.4 is 5.73 Å². The van der Waals surface area contributed by atoms with Crippen molar-refractivity contribution in [3.05, 3.63) is 22.3 Å². The first-order chi connectivity index (χ1) is 8.63. The van der Waals surface area contributed by atoms with E-state index in [0.717, 1.165) is 25.8 Å². The predicted octanol–water partition coefficient (Wildman–Crippen LogP) is 2.83. The van der Waals surface area contributed by atoms with Crippen molar-refractivity contribution >= 4 is 27.7 Å². The van der Waals surface area contributed by atoms with Gasteiger partial charge in [0, 0.05) is 23.3 Å². The molecule has 1 aliphatic rings. The average molecular weight is 312 g/mol. The van der Waals surface area contributed by atoms with Crippen molar-refractivity contribution in [2.24, 2.45) is 0 Å². The largest absolute Gasteiger partial charge is 0.384 e. The molecule has 0 saturated carbocycles. The maximum absolute atomic E-state index is 12.6. The number of amides is 1. The van der Waals surface area contributed by atoms with Gasteiger partial charge >= 0.3 is 0 Å². The highest BCUT2D eigenvalue weighted by molar-refractivity contribution is 9.10. The van der Waals surface area contributed by atoms with Gasteiger partial charge in [-0.1, -0.05) is 6.92 Å². The molecule has 5 heteroatoms. The number of anilines is 1. The molecule has 1 atom stereocenters.